The van der Waals surface area contributed by atoms with Gasteiger partial charge in [-0.05, 0) is 62.2 Å². The topological polar surface area (TPSA) is 115 Å². The van der Waals surface area contributed by atoms with Crippen LogP contribution in [0.3, 0.4) is 0 Å². The van der Waals surface area contributed by atoms with Gasteiger partial charge < -0.3 is 15.4 Å². The molecule has 0 saturated carbocycles. The molecule has 0 aliphatic carbocycles. The number of ether oxygens (including phenoxy) is 1. The molecule has 220 valence electrons. The van der Waals surface area contributed by atoms with Crippen molar-refractivity contribution >= 4 is 51.6 Å². The molecule has 10 heteroatoms. The van der Waals surface area contributed by atoms with Crippen molar-refractivity contribution in [2.45, 2.75) is 54.0 Å². The van der Waals surface area contributed by atoms with Gasteiger partial charge in [-0.2, -0.15) is 0 Å². The van der Waals surface area contributed by atoms with Crippen LogP contribution in [-0.4, -0.2) is 39.2 Å². The van der Waals surface area contributed by atoms with Gasteiger partial charge in [-0.25, -0.2) is 4.68 Å². The summed E-state index contributed by atoms with van der Waals surface area (Å²) in [6.07, 6.45) is 0.785. The maximum atomic E-state index is 13.5. The second kappa shape index (κ2) is 13.2. The molecule has 0 fully saturated rings. The second-order valence-electron chi connectivity index (χ2n) is 11.4. The molecule has 4 aromatic rings. The van der Waals surface area contributed by atoms with Crippen molar-refractivity contribution in [1.29, 1.82) is 0 Å². The summed E-state index contributed by atoms with van der Waals surface area (Å²) >= 11 is 6.40. The summed E-state index contributed by atoms with van der Waals surface area (Å²) in [7, 11) is 0. The van der Waals surface area contributed by atoms with Gasteiger partial charge >= 0.3 is 0 Å². The first-order valence-corrected chi connectivity index (χ1v) is 14.2. The summed E-state index contributed by atoms with van der Waals surface area (Å²) in [5, 5.41) is 14.2. The van der Waals surface area contributed by atoms with Gasteiger partial charge in [0.1, 0.15) is 17.2 Å². The number of nitrogens with zero attached hydrogens (tertiary/aromatic N) is 3. The minimum Gasteiger partial charge on any atom is -0.493 e. The van der Waals surface area contributed by atoms with E-state index in [1.807, 2.05) is 50.2 Å². The summed E-state index contributed by atoms with van der Waals surface area (Å²) < 4.78 is 7.38. The minimum absolute atomic E-state index is 0.0146. The number of fused-ring (bicyclic) bond motifs is 1. The SMILES string of the molecule is Cc1ccc(OCCCC(=O)Nc2ccc(Cl)c(NC(=O)C(Cn3nnc4ccccc43)C(=O)C(C)(C)C)c2)c(C)c1. The molecular formula is C32H36ClN5O4. The zero-order valence-corrected chi connectivity index (χ0v) is 25.3. The lowest BCUT2D eigenvalue weighted by Gasteiger charge is -2.24. The number of hydrogen-bond donors (Lipinski definition) is 2. The molecule has 1 heterocycles. The molecule has 0 saturated heterocycles. The third-order valence-corrected chi connectivity index (χ3v) is 7.12. The van der Waals surface area contributed by atoms with E-state index in [2.05, 4.69) is 27.0 Å². The van der Waals surface area contributed by atoms with Crippen molar-refractivity contribution in [2.24, 2.45) is 11.3 Å². The van der Waals surface area contributed by atoms with Crippen LogP contribution in [0.2, 0.25) is 5.02 Å². The van der Waals surface area contributed by atoms with E-state index in [0.717, 1.165) is 22.4 Å². The van der Waals surface area contributed by atoms with E-state index >= 15 is 0 Å². The normalized spacial score (nSPS) is 12.1. The smallest absolute Gasteiger partial charge is 0.236 e. The largest absolute Gasteiger partial charge is 0.493 e. The standard InChI is InChI=1S/C32H36ClN5O4/c1-20-12-15-28(21(2)17-20)42-16-8-11-29(39)34-22-13-14-24(33)26(18-22)35-31(41)23(30(40)32(3,4)5)19-38-27-10-7-6-9-25(27)36-37-38/h6-7,9-10,12-15,17-18,23H,8,11,16,19H2,1-5H3,(H,34,39)(H,35,41). The Morgan fingerprint density at radius 2 is 1.76 bits per heavy atom. The van der Waals surface area contributed by atoms with Gasteiger partial charge in [-0.15, -0.1) is 5.10 Å². The maximum absolute atomic E-state index is 13.5. The lowest BCUT2D eigenvalue weighted by atomic mass is 9.82. The van der Waals surface area contributed by atoms with Gasteiger partial charge in [0.2, 0.25) is 11.8 Å². The molecule has 2 amide bonds. The zero-order chi connectivity index (χ0) is 30.4. The van der Waals surface area contributed by atoms with Crippen LogP contribution in [0.25, 0.3) is 11.0 Å². The Balaban J connectivity index is 1.40. The highest BCUT2D eigenvalue weighted by atomic mass is 35.5. The lowest BCUT2D eigenvalue weighted by Crippen LogP contribution is -2.39. The summed E-state index contributed by atoms with van der Waals surface area (Å²) in [5.74, 6) is -1.22. The van der Waals surface area contributed by atoms with Crippen molar-refractivity contribution in [2.75, 3.05) is 17.2 Å². The molecule has 1 aromatic heterocycles. The third kappa shape index (κ3) is 7.73. The molecule has 0 aliphatic heterocycles. The third-order valence-electron chi connectivity index (χ3n) is 6.79. The number of amides is 2. The van der Waals surface area contributed by atoms with E-state index in [0.29, 0.717) is 24.2 Å². The predicted molar refractivity (Wildman–Crippen MR) is 165 cm³/mol. The van der Waals surface area contributed by atoms with Crippen LogP contribution < -0.4 is 15.4 Å². The average Bonchev–Trinajstić information content (AvgIpc) is 3.34. The molecule has 4 rings (SSSR count). The maximum Gasteiger partial charge on any atom is 0.236 e. The van der Waals surface area contributed by atoms with Crippen molar-refractivity contribution in [3.63, 3.8) is 0 Å². The molecule has 9 nitrogen and oxygen atoms in total. The first kappa shape index (κ1) is 30.7. The van der Waals surface area contributed by atoms with Crippen LogP contribution in [0.4, 0.5) is 11.4 Å². The molecule has 0 radical (unpaired) electrons. The Kier molecular flexibility index (Phi) is 9.63. The number of carbonyl (C=O) groups excluding carboxylic acids is 3. The van der Waals surface area contributed by atoms with Crippen molar-refractivity contribution in [1.82, 2.24) is 15.0 Å². The molecule has 1 atom stereocenters. The highest BCUT2D eigenvalue weighted by molar-refractivity contribution is 6.34. The van der Waals surface area contributed by atoms with Gasteiger partial charge in [-0.1, -0.05) is 67.4 Å². The summed E-state index contributed by atoms with van der Waals surface area (Å²) in [4.78, 5) is 39.5. The molecule has 1 unspecified atom stereocenters. The molecule has 3 aromatic carbocycles. The van der Waals surface area contributed by atoms with Gasteiger partial charge in [0.05, 0.1) is 29.4 Å². The highest BCUT2D eigenvalue weighted by Crippen LogP contribution is 2.29. The molecule has 2 N–H and O–H groups in total. The van der Waals surface area contributed by atoms with Crippen molar-refractivity contribution in [3.8, 4) is 5.75 Å². The second-order valence-corrected chi connectivity index (χ2v) is 11.8. The van der Waals surface area contributed by atoms with Crippen LogP contribution in [0.1, 0.15) is 44.7 Å². The number of para-hydroxylation sites is 1. The zero-order valence-electron chi connectivity index (χ0n) is 24.5. The molecule has 0 spiro atoms. The summed E-state index contributed by atoms with van der Waals surface area (Å²) in [6, 6.07) is 18.1. The number of anilines is 2. The van der Waals surface area contributed by atoms with Gasteiger partial charge in [-0.3, -0.25) is 14.4 Å². The molecule has 0 aliphatic rings. The highest BCUT2D eigenvalue weighted by Gasteiger charge is 2.36. The number of ketones is 1. The number of hydrogen-bond acceptors (Lipinski definition) is 6. The Bertz CT molecular complexity index is 1610. The lowest BCUT2D eigenvalue weighted by molar-refractivity contribution is -0.137. The van der Waals surface area contributed by atoms with E-state index in [1.165, 1.54) is 0 Å². The van der Waals surface area contributed by atoms with Gasteiger partial charge in [0.15, 0.2) is 5.78 Å². The van der Waals surface area contributed by atoms with Crippen LogP contribution in [0.15, 0.2) is 60.7 Å². The Morgan fingerprint density at radius 3 is 2.50 bits per heavy atom. The minimum atomic E-state index is -1.05. The predicted octanol–water partition coefficient (Wildman–Crippen LogP) is 6.37. The Morgan fingerprint density at radius 1 is 1.00 bits per heavy atom. The van der Waals surface area contributed by atoms with Crippen LogP contribution in [0.5, 0.6) is 5.75 Å². The van der Waals surface area contributed by atoms with Crippen LogP contribution in [-0.2, 0) is 20.9 Å². The molecule has 0 bridgehead atoms. The number of benzene rings is 3. The number of nitrogens with one attached hydrogen (secondary N) is 2. The number of Topliss-reactive ketones (excluding diaryl/α,β-unsaturated/α-hetero) is 1. The summed E-state index contributed by atoms with van der Waals surface area (Å²) in [5.41, 5.74) is 3.58. The fourth-order valence-corrected chi connectivity index (χ4v) is 4.72. The number of aromatic nitrogens is 3. The number of rotatable bonds is 11. The Hall–Kier alpha value is -4.24. The summed E-state index contributed by atoms with van der Waals surface area (Å²) in [6.45, 7) is 9.74. The van der Waals surface area contributed by atoms with Crippen LogP contribution >= 0.6 is 11.6 Å². The molecular weight excluding hydrogens is 554 g/mol. The van der Waals surface area contributed by atoms with Gasteiger partial charge in [0.25, 0.3) is 0 Å². The number of halogens is 1. The van der Waals surface area contributed by atoms with E-state index in [-0.39, 0.29) is 35.4 Å². The quantitative estimate of drug-likeness (QED) is 0.155. The molecule has 42 heavy (non-hydrogen) atoms. The first-order valence-electron chi connectivity index (χ1n) is 13.9. The average molecular weight is 590 g/mol. The van der Waals surface area contributed by atoms with E-state index in [1.54, 1.807) is 43.7 Å². The van der Waals surface area contributed by atoms with Crippen LogP contribution in [0, 0.1) is 25.2 Å². The number of carbonyl (C=O) groups is 3. The Labute approximate surface area is 250 Å². The fourth-order valence-electron chi connectivity index (χ4n) is 4.55. The van der Waals surface area contributed by atoms with Gasteiger partial charge in [0, 0.05) is 17.5 Å². The van der Waals surface area contributed by atoms with E-state index < -0.39 is 17.2 Å². The fraction of sp³-hybridized carbons (Fsp3) is 0.344. The van der Waals surface area contributed by atoms with Crippen molar-refractivity contribution < 1.29 is 19.1 Å². The van der Waals surface area contributed by atoms with E-state index in [4.69, 9.17) is 16.3 Å². The first-order chi connectivity index (χ1) is 19.9. The van der Waals surface area contributed by atoms with E-state index in [9.17, 15) is 14.4 Å². The number of aryl methyl sites for hydroxylation is 2. The monoisotopic (exact) mass is 589 g/mol. The van der Waals surface area contributed by atoms with Crippen molar-refractivity contribution in [3.05, 3.63) is 76.8 Å².